The monoisotopic (exact) mass is 1270 g/mol. The number of allylic oxidation sites excluding steroid dienone is 1. The standard InChI is InChI=1S/C75H145NO13/c1-3-5-7-9-11-13-15-17-19-21-23-24-25-26-27-28-29-30-31-32-33-34-35-36-37-38-39-40-41-43-45-47-49-51-53-55-57-59-67(80)76-63(64(79)58-56-54-52-50-48-46-44-42-22-20-18-16-14-12-10-8-6-4-2)62-86-74-72(85)70(83)73(66(61-78)88-74)89-75-71(84)69(82)68(81)65(60-77)87-75/h56,58,63-66,68-75,77-79,81-85H,3-55,57,59-62H2,1-2H3,(H,76,80)/b58-56+. The minimum absolute atomic E-state index is 0.230. The van der Waals surface area contributed by atoms with Crippen molar-refractivity contribution in [2.24, 2.45) is 0 Å². The fraction of sp³-hybridized carbons (Fsp3) is 0.960. The maximum Gasteiger partial charge on any atom is 0.220 e. The zero-order chi connectivity index (χ0) is 64.5. The molecule has 14 heteroatoms. The van der Waals surface area contributed by atoms with Crippen molar-refractivity contribution in [1.82, 2.24) is 5.32 Å². The zero-order valence-electron chi connectivity index (χ0n) is 57.7. The van der Waals surface area contributed by atoms with Crippen molar-refractivity contribution < 1.29 is 64.6 Å². The molecule has 528 valence electrons. The number of ether oxygens (including phenoxy) is 4. The normalized spacial score (nSPS) is 23.0. The molecule has 2 heterocycles. The molecule has 1 amide bonds. The molecular weight excluding hydrogens is 1120 g/mol. The topological polar surface area (TPSA) is 228 Å². The molecule has 14 nitrogen and oxygen atoms in total. The Bertz CT molecular complexity index is 1540. The predicted octanol–water partition coefficient (Wildman–Crippen LogP) is 16.5. The van der Waals surface area contributed by atoms with Crippen LogP contribution in [0.15, 0.2) is 12.2 Å². The molecule has 2 aliphatic heterocycles. The third-order valence-electron chi connectivity index (χ3n) is 19.2. The summed E-state index contributed by atoms with van der Waals surface area (Å²) in [7, 11) is 0. The molecule has 2 saturated heterocycles. The summed E-state index contributed by atoms with van der Waals surface area (Å²) in [6, 6.07) is -0.911. The van der Waals surface area contributed by atoms with Crippen LogP contribution in [0.25, 0.3) is 0 Å². The Morgan fingerprint density at radius 1 is 0.393 bits per heavy atom. The number of carbonyl (C=O) groups is 1. The smallest absolute Gasteiger partial charge is 0.220 e. The number of aliphatic hydroxyl groups excluding tert-OH is 8. The predicted molar refractivity (Wildman–Crippen MR) is 365 cm³/mol. The highest BCUT2D eigenvalue weighted by Crippen LogP contribution is 2.30. The molecule has 0 spiro atoms. The van der Waals surface area contributed by atoms with E-state index in [0.29, 0.717) is 0 Å². The van der Waals surface area contributed by atoms with E-state index >= 15 is 0 Å². The summed E-state index contributed by atoms with van der Waals surface area (Å²) in [5.74, 6) is -0.230. The van der Waals surface area contributed by atoms with Crippen LogP contribution in [0.5, 0.6) is 0 Å². The zero-order valence-corrected chi connectivity index (χ0v) is 57.7. The van der Waals surface area contributed by atoms with Gasteiger partial charge in [-0.3, -0.25) is 4.79 Å². The molecular formula is C75H145NO13. The van der Waals surface area contributed by atoms with E-state index in [1.807, 2.05) is 6.08 Å². The summed E-state index contributed by atoms with van der Waals surface area (Å²) in [6.07, 6.45) is 58.8. The van der Waals surface area contributed by atoms with Crippen LogP contribution >= 0.6 is 0 Å². The molecule has 0 saturated carbocycles. The fourth-order valence-electron chi connectivity index (χ4n) is 13.1. The second-order valence-corrected chi connectivity index (χ2v) is 27.5. The Kier molecular flexibility index (Phi) is 56.9. The van der Waals surface area contributed by atoms with Crippen molar-refractivity contribution in [2.75, 3.05) is 19.8 Å². The van der Waals surface area contributed by atoms with Gasteiger partial charge in [0.05, 0.1) is 32.0 Å². The van der Waals surface area contributed by atoms with Gasteiger partial charge in [-0.05, 0) is 19.3 Å². The van der Waals surface area contributed by atoms with Crippen LogP contribution in [0.2, 0.25) is 0 Å². The highest BCUT2D eigenvalue weighted by molar-refractivity contribution is 5.76. The second kappa shape index (κ2) is 60.4. The van der Waals surface area contributed by atoms with Gasteiger partial charge in [0.2, 0.25) is 5.91 Å². The third kappa shape index (κ3) is 44.2. The number of nitrogens with one attached hydrogen (secondary N) is 1. The minimum Gasteiger partial charge on any atom is -0.394 e. The first-order valence-corrected chi connectivity index (χ1v) is 38.4. The molecule has 2 fully saturated rings. The molecule has 12 unspecified atom stereocenters. The molecule has 0 bridgehead atoms. The second-order valence-electron chi connectivity index (χ2n) is 27.5. The van der Waals surface area contributed by atoms with Crippen molar-refractivity contribution >= 4 is 5.91 Å². The lowest BCUT2D eigenvalue weighted by atomic mass is 9.97. The fourth-order valence-corrected chi connectivity index (χ4v) is 13.1. The highest BCUT2D eigenvalue weighted by atomic mass is 16.7. The van der Waals surface area contributed by atoms with Gasteiger partial charge in [-0.1, -0.05) is 353 Å². The number of aliphatic hydroxyl groups is 8. The van der Waals surface area contributed by atoms with Crippen LogP contribution in [0.4, 0.5) is 0 Å². The van der Waals surface area contributed by atoms with Gasteiger partial charge in [0, 0.05) is 6.42 Å². The third-order valence-corrected chi connectivity index (χ3v) is 19.2. The number of amides is 1. The van der Waals surface area contributed by atoms with Gasteiger partial charge in [0.1, 0.15) is 48.8 Å². The lowest BCUT2D eigenvalue weighted by molar-refractivity contribution is -0.359. The molecule has 0 radical (unpaired) electrons. The average molecular weight is 1270 g/mol. The molecule has 2 rings (SSSR count). The van der Waals surface area contributed by atoms with Crippen molar-refractivity contribution in [3.8, 4) is 0 Å². The summed E-state index contributed by atoms with van der Waals surface area (Å²) in [5.41, 5.74) is 0. The molecule has 0 aromatic rings. The Labute approximate surface area is 546 Å². The number of carbonyl (C=O) groups excluding carboxylic acids is 1. The highest BCUT2D eigenvalue weighted by Gasteiger charge is 2.51. The summed E-state index contributed by atoms with van der Waals surface area (Å²) < 4.78 is 22.9. The van der Waals surface area contributed by atoms with E-state index in [4.69, 9.17) is 18.9 Å². The van der Waals surface area contributed by atoms with Gasteiger partial charge in [-0.25, -0.2) is 0 Å². The number of hydrogen-bond donors (Lipinski definition) is 9. The van der Waals surface area contributed by atoms with Crippen molar-refractivity contribution in [3.05, 3.63) is 12.2 Å². The SMILES string of the molecule is CCCCCCCCCCCCCCCCCC/C=C/C(O)C(COC1OC(CO)C(OC2OC(CO)C(O)C(O)C2O)C(O)C1O)NC(=O)CCCCCCCCCCCCCCCCCCCCCCCCCCCCCCCCCCCCCCC. The van der Waals surface area contributed by atoms with Crippen molar-refractivity contribution in [3.63, 3.8) is 0 Å². The van der Waals surface area contributed by atoms with Gasteiger partial charge in [-0.2, -0.15) is 0 Å². The minimum atomic E-state index is -1.79. The van der Waals surface area contributed by atoms with E-state index in [0.717, 1.165) is 44.9 Å². The van der Waals surface area contributed by atoms with E-state index in [1.54, 1.807) is 6.08 Å². The molecule has 89 heavy (non-hydrogen) atoms. The van der Waals surface area contributed by atoms with Crippen LogP contribution in [0.3, 0.4) is 0 Å². The summed E-state index contributed by atoms with van der Waals surface area (Å²) in [4.78, 5) is 13.3. The van der Waals surface area contributed by atoms with Crippen LogP contribution in [0.1, 0.15) is 367 Å². The van der Waals surface area contributed by atoms with Crippen LogP contribution < -0.4 is 5.32 Å². The molecule has 12 atom stereocenters. The lowest BCUT2D eigenvalue weighted by Crippen LogP contribution is -2.65. The Morgan fingerprint density at radius 3 is 1.03 bits per heavy atom. The van der Waals surface area contributed by atoms with E-state index in [1.165, 1.54) is 302 Å². The number of hydrogen-bond acceptors (Lipinski definition) is 13. The molecule has 2 aliphatic rings. The van der Waals surface area contributed by atoms with Gasteiger partial charge in [-0.15, -0.1) is 0 Å². The largest absolute Gasteiger partial charge is 0.394 e. The number of rotatable bonds is 65. The molecule has 0 aliphatic carbocycles. The first kappa shape index (κ1) is 83.8. The summed E-state index contributed by atoms with van der Waals surface area (Å²) in [6.45, 7) is 2.86. The summed E-state index contributed by atoms with van der Waals surface area (Å²) >= 11 is 0. The molecule has 0 aromatic carbocycles. The van der Waals surface area contributed by atoms with E-state index in [-0.39, 0.29) is 18.9 Å². The van der Waals surface area contributed by atoms with Crippen LogP contribution in [-0.4, -0.2) is 140 Å². The van der Waals surface area contributed by atoms with Crippen molar-refractivity contribution in [1.29, 1.82) is 0 Å². The summed E-state index contributed by atoms with van der Waals surface area (Å²) in [5, 5.41) is 87.5. The molecule has 0 aromatic heterocycles. The lowest BCUT2D eigenvalue weighted by Gasteiger charge is -2.46. The van der Waals surface area contributed by atoms with Crippen molar-refractivity contribution in [2.45, 2.75) is 441 Å². The van der Waals surface area contributed by atoms with E-state index < -0.39 is 86.8 Å². The Morgan fingerprint density at radius 2 is 0.697 bits per heavy atom. The molecule has 9 N–H and O–H groups in total. The van der Waals surface area contributed by atoms with Gasteiger partial charge in [0.25, 0.3) is 0 Å². The Hall–Kier alpha value is -1.27. The quantitative estimate of drug-likeness (QED) is 0.0204. The Balaban J connectivity index is 1.57. The first-order valence-electron chi connectivity index (χ1n) is 38.4. The average Bonchev–Trinajstić information content (AvgIpc) is 1.44. The first-order chi connectivity index (χ1) is 43.6. The van der Waals surface area contributed by atoms with E-state index in [2.05, 4.69) is 19.2 Å². The van der Waals surface area contributed by atoms with Gasteiger partial charge in [0.15, 0.2) is 12.6 Å². The van der Waals surface area contributed by atoms with Crippen LogP contribution in [-0.2, 0) is 23.7 Å². The van der Waals surface area contributed by atoms with E-state index in [9.17, 15) is 45.6 Å². The maximum absolute atomic E-state index is 13.3. The van der Waals surface area contributed by atoms with Gasteiger partial charge >= 0.3 is 0 Å². The number of unbranched alkanes of at least 4 members (excludes halogenated alkanes) is 52. The maximum atomic E-state index is 13.3. The van der Waals surface area contributed by atoms with Crippen LogP contribution in [0, 0.1) is 0 Å². The van der Waals surface area contributed by atoms with Gasteiger partial charge < -0.3 is 65.1 Å².